The number of nitrogens with zero attached hydrogens (tertiary/aromatic N) is 1. The lowest BCUT2D eigenvalue weighted by atomic mass is 10.3. The number of rotatable bonds is 3. The highest BCUT2D eigenvalue weighted by Crippen LogP contribution is 2.13. The van der Waals surface area contributed by atoms with Crippen molar-refractivity contribution in [2.75, 3.05) is 5.32 Å². The zero-order chi connectivity index (χ0) is 9.80. The zero-order valence-electron chi connectivity index (χ0n) is 7.40. The van der Waals surface area contributed by atoms with E-state index in [0.717, 1.165) is 22.4 Å². The molecule has 0 aliphatic carbocycles. The highest BCUT2D eigenvalue weighted by atomic mass is 79.9. The topological polar surface area (TPSA) is 24.9 Å². The van der Waals surface area contributed by atoms with E-state index in [1.165, 1.54) is 0 Å². The number of pyridine rings is 1. The van der Waals surface area contributed by atoms with E-state index >= 15 is 0 Å². The van der Waals surface area contributed by atoms with Crippen LogP contribution in [0, 0.1) is 0 Å². The Kier molecular flexibility index (Phi) is 3.16. The van der Waals surface area contributed by atoms with E-state index in [9.17, 15) is 0 Å². The molecule has 1 N–H and O–H groups in total. The lowest BCUT2D eigenvalue weighted by Gasteiger charge is -2.02. The maximum atomic E-state index is 4.27. The van der Waals surface area contributed by atoms with Crippen molar-refractivity contribution in [3.05, 3.63) is 45.3 Å². The molecule has 0 aromatic carbocycles. The largest absolute Gasteiger partial charge is 0.379 e. The van der Waals surface area contributed by atoms with Gasteiger partial charge in [0.2, 0.25) is 0 Å². The van der Waals surface area contributed by atoms with Gasteiger partial charge in [-0.25, -0.2) is 0 Å². The second-order valence-electron chi connectivity index (χ2n) is 2.83. The Balaban J connectivity index is 1.95. The third-order valence-corrected chi connectivity index (χ3v) is 2.94. The second kappa shape index (κ2) is 4.57. The molecule has 0 radical (unpaired) electrons. The van der Waals surface area contributed by atoms with Crippen LogP contribution >= 0.6 is 27.3 Å². The Labute approximate surface area is 95.1 Å². The number of aromatic nitrogens is 1. The summed E-state index contributed by atoms with van der Waals surface area (Å²) in [6.45, 7) is 0.768. The zero-order valence-corrected chi connectivity index (χ0v) is 9.81. The number of thiophene rings is 1. The first-order valence-electron chi connectivity index (χ1n) is 4.21. The number of hydrogen-bond acceptors (Lipinski definition) is 3. The lowest BCUT2D eigenvalue weighted by molar-refractivity contribution is 1.04. The van der Waals surface area contributed by atoms with Gasteiger partial charge in [-0.2, -0.15) is 11.3 Å². The van der Waals surface area contributed by atoms with Crippen molar-refractivity contribution in [1.29, 1.82) is 0 Å². The van der Waals surface area contributed by atoms with Crippen molar-refractivity contribution in [2.24, 2.45) is 0 Å². The van der Waals surface area contributed by atoms with E-state index in [2.05, 4.69) is 43.1 Å². The molecule has 0 aliphatic rings. The molecule has 2 rings (SSSR count). The average molecular weight is 269 g/mol. The molecular weight excluding hydrogens is 260 g/mol. The van der Waals surface area contributed by atoms with Gasteiger partial charge in [0.05, 0.1) is 12.2 Å². The first-order chi connectivity index (χ1) is 6.84. The molecule has 0 bridgehead atoms. The Morgan fingerprint density at radius 2 is 2.29 bits per heavy atom. The smallest absolute Gasteiger partial charge is 0.0595 e. The summed E-state index contributed by atoms with van der Waals surface area (Å²) < 4.78 is 1.01. The average Bonchev–Trinajstić information content (AvgIpc) is 2.70. The van der Waals surface area contributed by atoms with Crippen molar-refractivity contribution in [3.63, 3.8) is 0 Å². The van der Waals surface area contributed by atoms with Gasteiger partial charge in [-0.3, -0.25) is 4.98 Å². The van der Waals surface area contributed by atoms with Crippen molar-refractivity contribution >= 4 is 33.0 Å². The molecular formula is C10H9BrN2S. The van der Waals surface area contributed by atoms with Crippen molar-refractivity contribution in [2.45, 2.75) is 6.54 Å². The molecule has 0 saturated heterocycles. The molecule has 0 saturated carbocycles. The van der Waals surface area contributed by atoms with Gasteiger partial charge in [0.15, 0.2) is 0 Å². The van der Waals surface area contributed by atoms with Crippen molar-refractivity contribution < 1.29 is 0 Å². The van der Waals surface area contributed by atoms with Gasteiger partial charge in [0.1, 0.15) is 0 Å². The first-order valence-corrected chi connectivity index (χ1v) is 5.95. The first kappa shape index (κ1) is 9.68. The van der Waals surface area contributed by atoms with Crippen LogP contribution in [0.5, 0.6) is 0 Å². The normalized spacial score (nSPS) is 10.1. The predicted molar refractivity (Wildman–Crippen MR) is 63.6 cm³/mol. The van der Waals surface area contributed by atoms with Crippen LogP contribution in [0.2, 0.25) is 0 Å². The summed E-state index contributed by atoms with van der Waals surface area (Å²) in [6, 6.07) is 6.06. The van der Waals surface area contributed by atoms with E-state index in [1.807, 2.05) is 18.3 Å². The molecule has 0 spiro atoms. The van der Waals surface area contributed by atoms with Crippen LogP contribution in [0.3, 0.4) is 0 Å². The summed E-state index contributed by atoms with van der Waals surface area (Å²) in [4.78, 5) is 4.27. The number of nitrogens with one attached hydrogen (secondary N) is 1. The molecule has 0 unspecified atom stereocenters. The Hall–Kier alpha value is -0.870. The maximum Gasteiger partial charge on any atom is 0.0595 e. The van der Waals surface area contributed by atoms with E-state index < -0.39 is 0 Å². The molecule has 0 aliphatic heterocycles. The summed E-state index contributed by atoms with van der Waals surface area (Å²) in [6.07, 6.45) is 1.81. The predicted octanol–water partition coefficient (Wildman–Crippen LogP) is 3.52. The highest BCUT2D eigenvalue weighted by molar-refractivity contribution is 9.10. The summed E-state index contributed by atoms with van der Waals surface area (Å²) in [5.74, 6) is 0. The Morgan fingerprint density at radius 3 is 2.93 bits per heavy atom. The van der Waals surface area contributed by atoms with E-state index in [0.29, 0.717) is 0 Å². The van der Waals surface area contributed by atoms with Crippen LogP contribution in [-0.2, 0) is 6.54 Å². The Morgan fingerprint density at radius 1 is 1.36 bits per heavy atom. The van der Waals surface area contributed by atoms with E-state index in [4.69, 9.17) is 0 Å². The van der Waals surface area contributed by atoms with Gasteiger partial charge in [0.25, 0.3) is 0 Å². The Bertz CT molecular complexity index is 383. The van der Waals surface area contributed by atoms with Crippen LogP contribution in [0.1, 0.15) is 5.69 Å². The summed E-state index contributed by atoms with van der Waals surface area (Å²) in [5.41, 5.74) is 2.19. The van der Waals surface area contributed by atoms with Gasteiger partial charge in [-0.15, -0.1) is 0 Å². The maximum absolute atomic E-state index is 4.27. The minimum absolute atomic E-state index is 0.768. The third kappa shape index (κ3) is 2.56. The molecule has 2 aromatic rings. The molecule has 4 heteroatoms. The molecule has 2 nitrogen and oxygen atoms in total. The van der Waals surface area contributed by atoms with E-state index in [1.54, 1.807) is 11.3 Å². The second-order valence-corrected chi connectivity index (χ2v) is 4.53. The molecule has 0 atom stereocenters. The number of hydrogen-bond donors (Lipinski definition) is 1. The minimum Gasteiger partial charge on any atom is -0.379 e. The highest BCUT2D eigenvalue weighted by Gasteiger charge is 1.95. The fraction of sp³-hybridized carbons (Fsp3) is 0.100. The lowest BCUT2D eigenvalue weighted by Crippen LogP contribution is -1.99. The number of anilines is 1. The van der Waals surface area contributed by atoms with Gasteiger partial charge < -0.3 is 5.32 Å². The van der Waals surface area contributed by atoms with Crippen molar-refractivity contribution in [3.8, 4) is 0 Å². The van der Waals surface area contributed by atoms with Crippen LogP contribution in [0.25, 0.3) is 0 Å². The van der Waals surface area contributed by atoms with Gasteiger partial charge >= 0.3 is 0 Å². The molecule has 72 valence electrons. The minimum atomic E-state index is 0.768. The quantitative estimate of drug-likeness (QED) is 0.922. The molecule has 2 aromatic heterocycles. The summed E-state index contributed by atoms with van der Waals surface area (Å²) in [5, 5.41) is 7.43. The van der Waals surface area contributed by atoms with Crippen molar-refractivity contribution in [1.82, 2.24) is 4.98 Å². The van der Waals surface area contributed by atoms with Gasteiger partial charge in [-0.1, -0.05) is 0 Å². The molecule has 0 amide bonds. The molecule has 0 fully saturated rings. The van der Waals surface area contributed by atoms with Crippen LogP contribution in [0.15, 0.2) is 39.6 Å². The van der Waals surface area contributed by atoms with E-state index in [-0.39, 0.29) is 0 Å². The number of halogens is 1. The standard InChI is InChI=1S/C10H9BrN2S/c11-8-1-2-9(12-5-8)6-13-10-3-4-14-7-10/h1-5,7,13H,6H2. The van der Waals surface area contributed by atoms with Crippen LogP contribution < -0.4 is 5.32 Å². The summed E-state index contributed by atoms with van der Waals surface area (Å²) >= 11 is 5.04. The third-order valence-electron chi connectivity index (χ3n) is 1.78. The molecule has 2 heterocycles. The van der Waals surface area contributed by atoms with Gasteiger partial charge in [-0.05, 0) is 39.5 Å². The molecule has 14 heavy (non-hydrogen) atoms. The summed E-state index contributed by atoms with van der Waals surface area (Å²) in [7, 11) is 0. The van der Waals surface area contributed by atoms with Crippen LogP contribution in [0.4, 0.5) is 5.69 Å². The van der Waals surface area contributed by atoms with Crippen LogP contribution in [-0.4, -0.2) is 4.98 Å². The fourth-order valence-electron chi connectivity index (χ4n) is 1.07. The van der Waals surface area contributed by atoms with Gasteiger partial charge in [0, 0.05) is 21.7 Å². The monoisotopic (exact) mass is 268 g/mol. The fourth-order valence-corrected chi connectivity index (χ4v) is 1.92. The SMILES string of the molecule is Brc1ccc(CNc2ccsc2)nc1.